The third-order valence-electron chi connectivity index (χ3n) is 3.26. The van der Waals surface area contributed by atoms with E-state index >= 15 is 0 Å². The molecule has 5 nitrogen and oxygen atoms in total. The van der Waals surface area contributed by atoms with Gasteiger partial charge in [0.1, 0.15) is 0 Å². The van der Waals surface area contributed by atoms with Gasteiger partial charge in [-0.15, -0.1) is 0 Å². The average Bonchev–Trinajstić information content (AvgIpc) is 2.79. The molecule has 98 valence electrons. The van der Waals surface area contributed by atoms with Gasteiger partial charge in [0.25, 0.3) is 0 Å². The van der Waals surface area contributed by atoms with Crippen molar-refractivity contribution in [1.29, 1.82) is 0 Å². The molecule has 0 bridgehead atoms. The lowest BCUT2D eigenvalue weighted by Gasteiger charge is -2.35. The molecule has 3 N–H and O–H groups in total. The summed E-state index contributed by atoms with van der Waals surface area (Å²) in [7, 11) is 0. The Labute approximate surface area is 103 Å². The van der Waals surface area contributed by atoms with E-state index in [1.165, 1.54) is 0 Å². The molecule has 0 saturated heterocycles. The molecule has 5 heteroatoms. The van der Waals surface area contributed by atoms with Gasteiger partial charge in [-0.1, -0.05) is 6.92 Å². The Hall–Kier alpha value is -0.910. The Bertz CT molecular complexity index is 339. The summed E-state index contributed by atoms with van der Waals surface area (Å²) < 4.78 is 7.74. The van der Waals surface area contributed by atoms with Crippen molar-refractivity contribution in [1.82, 2.24) is 15.2 Å². The first-order valence-corrected chi connectivity index (χ1v) is 6.23. The fraction of sp³-hybridized carbons (Fsp3) is 0.750. The number of aromatic nitrogens is 2. The summed E-state index contributed by atoms with van der Waals surface area (Å²) in [6, 6.07) is -0.0484. The predicted octanol–water partition coefficient (Wildman–Crippen LogP) is 1.61. The maximum Gasteiger partial charge on any atom is 0.0859 e. The summed E-state index contributed by atoms with van der Waals surface area (Å²) in [6.07, 6.45) is 4.74. The second kappa shape index (κ2) is 6.14. The van der Waals surface area contributed by atoms with E-state index in [1.807, 2.05) is 24.0 Å². The average molecular weight is 240 g/mol. The highest BCUT2D eigenvalue weighted by atomic mass is 16.5. The van der Waals surface area contributed by atoms with Crippen LogP contribution < -0.4 is 11.3 Å². The largest absolute Gasteiger partial charge is 0.374 e. The van der Waals surface area contributed by atoms with Crippen LogP contribution in [0.15, 0.2) is 12.4 Å². The van der Waals surface area contributed by atoms with Gasteiger partial charge in [0.05, 0.1) is 17.8 Å². The third kappa shape index (κ3) is 3.06. The van der Waals surface area contributed by atoms with Crippen LogP contribution in [-0.4, -0.2) is 22.0 Å². The Kier molecular flexibility index (Phi) is 5.11. The van der Waals surface area contributed by atoms with E-state index in [1.54, 1.807) is 0 Å². The van der Waals surface area contributed by atoms with Crippen LogP contribution in [0.5, 0.6) is 0 Å². The first-order chi connectivity index (χ1) is 8.11. The summed E-state index contributed by atoms with van der Waals surface area (Å²) in [5, 5.41) is 4.28. The zero-order chi connectivity index (χ0) is 12.9. The molecule has 0 aromatic carbocycles. The number of ether oxygens (including phenoxy) is 1. The number of nitrogens with two attached hydrogens (primary N) is 1. The lowest BCUT2D eigenvalue weighted by atomic mass is 9.89. The molecule has 2 atom stereocenters. The number of nitrogens with one attached hydrogen (secondary N) is 1. The molecule has 1 aromatic rings. The summed E-state index contributed by atoms with van der Waals surface area (Å²) in [5.41, 5.74) is 3.60. The molecule has 0 aliphatic carbocycles. The van der Waals surface area contributed by atoms with Crippen molar-refractivity contribution in [2.45, 2.75) is 52.3 Å². The molecule has 0 aliphatic rings. The fourth-order valence-electron chi connectivity index (χ4n) is 2.05. The highest BCUT2D eigenvalue weighted by molar-refractivity contribution is 5.15. The Morgan fingerprint density at radius 1 is 1.53 bits per heavy atom. The summed E-state index contributed by atoms with van der Waals surface area (Å²) in [4.78, 5) is 0. The fourth-order valence-corrected chi connectivity index (χ4v) is 2.05. The summed E-state index contributed by atoms with van der Waals surface area (Å²) in [5.74, 6) is 5.68. The van der Waals surface area contributed by atoms with Crippen molar-refractivity contribution in [3.63, 3.8) is 0 Å². The third-order valence-corrected chi connectivity index (χ3v) is 3.26. The standard InChI is InChI=1S/C12H24N4O/c1-5-12(4,17-7-3)11(15-13)10-8-14-16(6-2)9-10/h8-9,11,15H,5-7,13H2,1-4H3. The molecule has 1 heterocycles. The lowest BCUT2D eigenvalue weighted by Crippen LogP contribution is -2.46. The van der Waals surface area contributed by atoms with Crippen LogP contribution in [0, 0.1) is 0 Å². The van der Waals surface area contributed by atoms with Crippen LogP contribution in [0.1, 0.15) is 45.7 Å². The first kappa shape index (κ1) is 14.2. The minimum absolute atomic E-state index is 0.0484. The number of nitrogens with zero attached hydrogens (tertiary/aromatic N) is 2. The Morgan fingerprint density at radius 3 is 2.65 bits per heavy atom. The second-order valence-corrected chi connectivity index (χ2v) is 4.33. The van der Waals surface area contributed by atoms with Crippen molar-refractivity contribution >= 4 is 0 Å². The molecular weight excluding hydrogens is 216 g/mol. The second-order valence-electron chi connectivity index (χ2n) is 4.33. The van der Waals surface area contributed by atoms with Crippen molar-refractivity contribution < 1.29 is 4.74 Å². The van der Waals surface area contributed by atoms with Gasteiger partial charge < -0.3 is 4.74 Å². The summed E-state index contributed by atoms with van der Waals surface area (Å²) in [6.45, 7) is 9.76. The van der Waals surface area contributed by atoms with Crippen LogP contribution in [0.4, 0.5) is 0 Å². The predicted molar refractivity (Wildman–Crippen MR) is 68.3 cm³/mol. The number of hydrazine groups is 1. The number of rotatable bonds is 7. The highest BCUT2D eigenvalue weighted by Gasteiger charge is 2.34. The van der Waals surface area contributed by atoms with Gasteiger partial charge in [-0.3, -0.25) is 10.5 Å². The molecule has 1 aromatic heterocycles. The van der Waals surface area contributed by atoms with Crippen molar-refractivity contribution in [2.75, 3.05) is 6.61 Å². The van der Waals surface area contributed by atoms with Gasteiger partial charge >= 0.3 is 0 Å². The van der Waals surface area contributed by atoms with Crippen molar-refractivity contribution in [3.05, 3.63) is 18.0 Å². The Morgan fingerprint density at radius 2 is 2.24 bits per heavy atom. The van der Waals surface area contributed by atoms with Gasteiger partial charge in [-0.25, -0.2) is 5.43 Å². The molecule has 0 amide bonds. The van der Waals surface area contributed by atoms with Crippen LogP contribution >= 0.6 is 0 Å². The number of aryl methyl sites for hydroxylation is 1. The molecule has 17 heavy (non-hydrogen) atoms. The van der Waals surface area contributed by atoms with Crippen molar-refractivity contribution in [2.24, 2.45) is 5.84 Å². The smallest absolute Gasteiger partial charge is 0.0859 e. The lowest BCUT2D eigenvalue weighted by molar-refractivity contribution is -0.0564. The maximum atomic E-state index is 5.85. The molecule has 0 fully saturated rings. The topological polar surface area (TPSA) is 65.1 Å². The first-order valence-electron chi connectivity index (χ1n) is 6.23. The maximum absolute atomic E-state index is 5.85. The minimum atomic E-state index is -0.314. The van der Waals surface area contributed by atoms with E-state index in [9.17, 15) is 0 Å². The molecule has 0 radical (unpaired) electrons. The van der Waals surface area contributed by atoms with E-state index in [2.05, 4.69) is 31.3 Å². The number of hydrogen-bond donors (Lipinski definition) is 2. The molecule has 0 saturated carbocycles. The zero-order valence-electron chi connectivity index (χ0n) is 11.2. The molecule has 0 spiro atoms. The van der Waals surface area contributed by atoms with Gasteiger partial charge in [0.15, 0.2) is 0 Å². The van der Waals surface area contributed by atoms with Gasteiger partial charge in [-0.05, 0) is 27.2 Å². The van der Waals surface area contributed by atoms with Gasteiger partial charge in [0, 0.05) is 24.9 Å². The van der Waals surface area contributed by atoms with Crippen LogP contribution in [0.25, 0.3) is 0 Å². The monoisotopic (exact) mass is 240 g/mol. The molecule has 0 aliphatic heterocycles. The van der Waals surface area contributed by atoms with Crippen LogP contribution in [-0.2, 0) is 11.3 Å². The van der Waals surface area contributed by atoms with Crippen LogP contribution in [0.2, 0.25) is 0 Å². The molecular formula is C12H24N4O. The van der Waals surface area contributed by atoms with Gasteiger partial charge in [-0.2, -0.15) is 5.10 Å². The van der Waals surface area contributed by atoms with Gasteiger partial charge in [0.2, 0.25) is 0 Å². The number of hydrogen-bond acceptors (Lipinski definition) is 4. The van der Waals surface area contributed by atoms with Crippen molar-refractivity contribution in [3.8, 4) is 0 Å². The normalized spacial score (nSPS) is 16.8. The summed E-state index contributed by atoms with van der Waals surface area (Å²) >= 11 is 0. The Balaban J connectivity index is 2.95. The van der Waals surface area contributed by atoms with Crippen LogP contribution in [0.3, 0.4) is 0 Å². The minimum Gasteiger partial charge on any atom is -0.374 e. The van der Waals surface area contributed by atoms with E-state index in [-0.39, 0.29) is 11.6 Å². The van der Waals surface area contributed by atoms with E-state index in [0.29, 0.717) is 6.61 Å². The highest BCUT2D eigenvalue weighted by Crippen LogP contribution is 2.31. The zero-order valence-corrected chi connectivity index (χ0v) is 11.2. The van der Waals surface area contributed by atoms with E-state index in [0.717, 1.165) is 18.5 Å². The van der Waals surface area contributed by atoms with E-state index in [4.69, 9.17) is 10.6 Å². The molecule has 2 unspecified atom stereocenters. The molecule has 1 rings (SSSR count). The SMILES string of the molecule is CCOC(C)(CC)C(NN)c1cnn(CC)c1. The quantitative estimate of drug-likeness (QED) is 0.561. The van der Waals surface area contributed by atoms with E-state index < -0.39 is 0 Å².